The summed E-state index contributed by atoms with van der Waals surface area (Å²) in [5.74, 6) is 0. The van der Waals surface area contributed by atoms with E-state index in [1.807, 2.05) is 30.3 Å². The molecule has 0 aliphatic carbocycles. The highest BCUT2D eigenvalue weighted by Crippen LogP contribution is 2.37. The molecule has 110 valence electrons. The Bertz CT molecular complexity index is 1090. The van der Waals surface area contributed by atoms with Crippen LogP contribution in [0.15, 0.2) is 53.1 Å². The van der Waals surface area contributed by atoms with Crippen LogP contribution in [0.2, 0.25) is 0 Å². The topological polar surface area (TPSA) is 49.8 Å². The summed E-state index contributed by atoms with van der Waals surface area (Å²) in [6, 6.07) is 15.8. The number of furan rings is 1. The van der Waals surface area contributed by atoms with Crippen molar-refractivity contribution in [2.75, 3.05) is 0 Å². The number of aromatic nitrogens is 1. The Hall–Kier alpha value is -3.12. The Balaban J connectivity index is 2.12. The van der Waals surface area contributed by atoms with Crippen LogP contribution in [0, 0.1) is 25.2 Å². The van der Waals surface area contributed by atoms with Gasteiger partial charge in [0.1, 0.15) is 11.2 Å². The molecule has 2 aromatic carbocycles. The summed E-state index contributed by atoms with van der Waals surface area (Å²) in [4.78, 5) is 4.47. The number of nitrogens with zero attached hydrogens (tertiary/aromatic N) is 2. The summed E-state index contributed by atoms with van der Waals surface area (Å²) in [6.45, 7) is 4.16. The molecular weight excluding hydrogens is 284 g/mol. The molecule has 0 bridgehead atoms. The summed E-state index contributed by atoms with van der Waals surface area (Å²) < 4.78 is 6.02. The molecule has 2 aromatic heterocycles. The maximum atomic E-state index is 9.15. The summed E-state index contributed by atoms with van der Waals surface area (Å²) in [5, 5.41) is 11.1. The normalized spacial score (nSPS) is 11.0. The minimum atomic E-state index is 0.637. The second-order valence-corrected chi connectivity index (χ2v) is 5.69. The maximum Gasteiger partial charge on any atom is 0.138 e. The number of nitriles is 1. The molecule has 0 N–H and O–H groups in total. The maximum absolute atomic E-state index is 9.15. The quantitative estimate of drug-likeness (QED) is 0.489. The van der Waals surface area contributed by atoms with E-state index in [9.17, 15) is 0 Å². The lowest BCUT2D eigenvalue weighted by atomic mass is 9.96. The summed E-state index contributed by atoms with van der Waals surface area (Å²) in [5.41, 5.74) is 6.64. The van der Waals surface area contributed by atoms with Gasteiger partial charge in [-0.1, -0.05) is 6.07 Å². The molecule has 0 unspecified atom stereocenters. The molecule has 3 nitrogen and oxygen atoms in total. The molecule has 0 fully saturated rings. The number of aryl methyl sites for hydroxylation is 1. The van der Waals surface area contributed by atoms with Crippen molar-refractivity contribution < 1.29 is 4.42 Å². The van der Waals surface area contributed by atoms with Gasteiger partial charge < -0.3 is 4.42 Å². The van der Waals surface area contributed by atoms with Crippen LogP contribution in [0.4, 0.5) is 0 Å². The van der Waals surface area contributed by atoms with E-state index in [0.29, 0.717) is 5.56 Å². The average molecular weight is 298 g/mol. The number of fused-ring (bicyclic) bond motifs is 3. The third-order valence-electron chi connectivity index (χ3n) is 4.39. The van der Waals surface area contributed by atoms with Crippen molar-refractivity contribution in [1.82, 2.24) is 4.98 Å². The zero-order valence-corrected chi connectivity index (χ0v) is 12.9. The van der Waals surface area contributed by atoms with E-state index in [4.69, 9.17) is 9.68 Å². The van der Waals surface area contributed by atoms with E-state index in [1.165, 1.54) is 0 Å². The molecule has 0 spiro atoms. The largest absolute Gasteiger partial charge is 0.456 e. The van der Waals surface area contributed by atoms with Crippen LogP contribution in [-0.2, 0) is 0 Å². The van der Waals surface area contributed by atoms with Gasteiger partial charge in [-0.25, -0.2) is 0 Å². The number of rotatable bonds is 1. The van der Waals surface area contributed by atoms with Crippen molar-refractivity contribution in [2.24, 2.45) is 0 Å². The first-order valence-electron chi connectivity index (χ1n) is 7.47. The second-order valence-electron chi connectivity index (χ2n) is 5.69. The number of benzene rings is 2. The van der Waals surface area contributed by atoms with Crippen molar-refractivity contribution in [3.8, 4) is 17.3 Å². The first kappa shape index (κ1) is 13.5. The molecular formula is C20H14N2O. The van der Waals surface area contributed by atoms with Gasteiger partial charge in [0.2, 0.25) is 0 Å². The Morgan fingerprint density at radius 2 is 1.87 bits per heavy atom. The Morgan fingerprint density at radius 1 is 1.00 bits per heavy atom. The molecule has 4 rings (SSSR count). The fourth-order valence-electron chi connectivity index (χ4n) is 3.02. The molecule has 0 radical (unpaired) electrons. The minimum Gasteiger partial charge on any atom is -0.456 e. The molecule has 0 aliphatic rings. The molecule has 23 heavy (non-hydrogen) atoms. The molecule has 0 saturated carbocycles. The van der Waals surface area contributed by atoms with Crippen LogP contribution in [0.5, 0.6) is 0 Å². The van der Waals surface area contributed by atoms with Crippen molar-refractivity contribution in [1.29, 1.82) is 5.26 Å². The van der Waals surface area contributed by atoms with Gasteiger partial charge in [-0.3, -0.25) is 4.98 Å². The lowest BCUT2D eigenvalue weighted by Crippen LogP contribution is -1.90. The molecule has 3 heteroatoms. The van der Waals surface area contributed by atoms with E-state index in [-0.39, 0.29) is 0 Å². The first-order valence-corrected chi connectivity index (χ1v) is 7.47. The van der Waals surface area contributed by atoms with Gasteiger partial charge in [-0.2, -0.15) is 5.26 Å². The van der Waals surface area contributed by atoms with E-state index in [2.05, 4.69) is 31.0 Å². The highest BCUT2D eigenvalue weighted by molar-refractivity contribution is 6.08. The lowest BCUT2D eigenvalue weighted by Gasteiger charge is -2.09. The summed E-state index contributed by atoms with van der Waals surface area (Å²) in [6.07, 6.45) is 1.80. The molecule has 0 amide bonds. The first-order chi connectivity index (χ1) is 11.2. The van der Waals surface area contributed by atoms with Crippen molar-refractivity contribution in [2.45, 2.75) is 13.8 Å². The molecule has 0 aliphatic heterocycles. The number of hydrogen-bond acceptors (Lipinski definition) is 3. The summed E-state index contributed by atoms with van der Waals surface area (Å²) in [7, 11) is 0. The van der Waals surface area contributed by atoms with Crippen LogP contribution < -0.4 is 0 Å². The van der Waals surface area contributed by atoms with Gasteiger partial charge in [0, 0.05) is 22.5 Å². The Labute approximate surface area is 133 Å². The van der Waals surface area contributed by atoms with E-state index in [0.717, 1.165) is 44.3 Å². The van der Waals surface area contributed by atoms with Gasteiger partial charge in [0.15, 0.2) is 0 Å². The fourth-order valence-corrected chi connectivity index (χ4v) is 3.02. The van der Waals surface area contributed by atoms with Gasteiger partial charge in [0.25, 0.3) is 0 Å². The molecule has 4 aromatic rings. The number of hydrogen-bond donors (Lipinski definition) is 0. The van der Waals surface area contributed by atoms with Crippen molar-refractivity contribution in [3.63, 3.8) is 0 Å². The zero-order chi connectivity index (χ0) is 16.0. The average Bonchev–Trinajstić information content (AvgIpc) is 2.96. The Morgan fingerprint density at radius 3 is 2.61 bits per heavy atom. The smallest absolute Gasteiger partial charge is 0.138 e. The highest BCUT2D eigenvalue weighted by atomic mass is 16.3. The monoisotopic (exact) mass is 298 g/mol. The number of pyridine rings is 1. The van der Waals surface area contributed by atoms with Crippen LogP contribution in [0.1, 0.15) is 16.7 Å². The molecule has 0 atom stereocenters. The van der Waals surface area contributed by atoms with Crippen molar-refractivity contribution >= 4 is 21.9 Å². The van der Waals surface area contributed by atoms with Gasteiger partial charge in [-0.15, -0.1) is 0 Å². The predicted molar refractivity (Wildman–Crippen MR) is 91.1 cm³/mol. The molecule has 2 heterocycles. The Kier molecular flexibility index (Phi) is 2.92. The van der Waals surface area contributed by atoms with Crippen LogP contribution in [0.3, 0.4) is 0 Å². The van der Waals surface area contributed by atoms with Gasteiger partial charge in [-0.05, 0) is 61.4 Å². The van der Waals surface area contributed by atoms with Crippen LogP contribution in [0.25, 0.3) is 33.2 Å². The standard InChI is InChI=1S/C20H14N2O/c1-12-13(2)20-17(10-15(12)18-5-3-4-8-22-18)16-9-14(11-21)6-7-19(16)23-20/h3-10H,1-2H3. The SMILES string of the molecule is Cc1c(-c2ccccn2)cc2c(oc3ccc(C#N)cc32)c1C. The van der Waals surface area contributed by atoms with E-state index < -0.39 is 0 Å². The minimum absolute atomic E-state index is 0.637. The third-order valence-corrected chi connectivity index (χ3v) is 4.39. The van der Waals surface area contributed by atoms with Crippen LogP contribution in [-0.4, -0.2) is 4.98 Å². The lowest BCUT2D eigenvalue weighted by molar-refractivity contribution is 0.665. The van der Waals surface area contributed by atoms with E-state index in [1.54, 1.807) is 12.3 Å². The van der Waals surface area contributed by atoms with E-state index >= 15 is 0 Å². The predicted octanol–water partition coefficient (Wildman–Crippen LogP) is 5.14. The van der Waals surface area contributed by atoms with Gasteiger partial charge >= 0.3 is 0 Å². The van der Waals surface area contributed by atoms with Crippen LogP contribution >= 0.6 is 0 Å². The fraction of sp³-hybridized carbons (Fsp3) is 0.100. The second kappa shape index (κ2) is 4.96. The third kappa shape index (κ3) is 2.00. The van der Waals surface area contributed by atoms with Gasteiger partial charge in [0.05, 0.1) is 17.3 Å². The zero-order valence-electron chi connectivity index (χ0n) is 12.9. The highest BCUT2D eigenvalue weighted by Gasteiger charge is 2.15. The van der Waals surface area contributed by atoms with Crippen molar-refractivity contribution in [3.05, 3.63) is 65.4 Å². The summed E-state index contributed by atoms with van der Waals surface area (Å²) >= 11 is 0. The molecule has 0 saturated heterocycles.